The molecular formula is C13H13ClN6O. The SMILES string of the molecule is Cl.c1ccc(-c2nc(-c3nnc4n3CCNC4)no2)cc1. The third kappa shape index (κ3) is 2.41. The molecular weight excluding hydrogens is 292 g/mol. The Balaban J connectivity index is 0.00000132. The molecule has 0 radical (unpaired) electrons. The van der Waals surface area contributed by atoms with E-state index in [2.05, 4.69) is 25.7 Å². The second-order valence-corrected chi connectivity index (χ2v) is 4.56. The maximum atomic E-state index is 5.31. The van der Waals surface area contributed by atoms with Gasteiger partial charge in [-0.05, 0) is 12.1 Å². The van der Waals surface area contributed by atoms with Crippen molar-refractivity contribution in [3.8, 4) is 23.1 Å². The summed E-state index contributed by atoms with van der Waals surface area (Å²) in [5, 5.41) is 15.6. The Kier molecular flexibility index (Phi) is 3.68. The van der Waals surface area contributed by atoms with Gasteiger partial charge in [0.15, 0.2) is 0 Å². The summed E-state index contributed by atoms with van der Waals surface area (Å²) in [5.74, 6) is 2.53. The van der Waals surface area contributed by atoms with Crippen LogP contribution in [-0.2, 0) is 13.1 Å². The number of hydrogen-bond acceptors (Lipinski definition) is 6. The highest BCUT2D eigenvalue weighted by Crippen LogP contribution is 2.21. The average molecular weight is 305 g/mol. The van der Waals surface area contributed by atoms with Crippen molar-refractivity contribution >= 4 is 12.4 Å². The zero-order chi connectivity index (χ0) is 13.4. The van der Waals surface area contributed by atoms with Crippen molar-refractivity contribution in [3.63, 3.8) is 0 Å². The van der Waals surface area contributed by atoms with Crippen LogP contribution in [0.1, 0.15) is 5.82 Å². The van der Waals surface area contributed by atoms with Gasteiger partial charge in [-0.25, -0.2) is 0 Å². The molecule has 0 spiro atoms. The smallest absolute Gasteiger partial charge is 0.258 e. The van der Waals surface area contributed by atoms with Crippen LogP contribution in [0.4, 0.5) is 0 Å². The highest BCUT2D eigenvalue weighted by molar-refractivity contribution is 5.85. The van der Waals surface area contributed by atoms with Gasteiger partial charge in [0, 0.05) is 18.7 Å². The molecule has 0 atom stereocenters. The van der Waals surface area contributed by atoms with Gasteiger partial charge < -0.3 is 14.4 Å². The van der Waals surface area contributed by atoms with Gasteiger partial charge in [0.1, 0.15) is 5.82 Å². The number of halogens is 1. The van der Waals surface area contributed by atoms with Gasteiger partial charge in [-0.15, -0.1) is 22.6 Å². The molecule has 1 N–H and O–H groups in total. The van der Waals surface area contributed by atoms with E-state index in [0.717, 1.165) is 31.0 Å². The van der Waals surface area contributed by atoms with E-state index < -0.39 is 0 Å². The lowest BCUT2D eigenvalue weighted by molar-refractivity contribution is 0.430. The number of nitrogens with zero attached hydrogens (tertiary/aromatic N) is 5. The van der Waals surface area contributed by atoms with Crippen LogP contribution in [-0.4, -0.2) is 31.4 Å². The third-order valence-electron chi connectivity index (χ3n) is 3.27. The van der Waals surface area contributed by atoms with Crippen LogP contribution in [0.15, 0.2) is 34.9 Å². The minimum Gasteiger partial charge on any atom is -0.334 e. The quantitative estimate of drug-likeness (QED) is 0.773. The van der Waals surface area contributed by atoms with Crippen molar-refractivity contribution in [2.45, 2.75) is 13.1 Å². The standard InChI is InChI=1S/C13H12N6O.ClH/c1-2-4-9(5-3-1)13-15-11(18-20-13)12-17-16-10-8-14-6-7-19(10)12;/h1-5,14H,6-8H2;1H. The summed E-state index contributed by atoms with van der Waals surface area (Å²) in [7, 11) is 0. The van der Waals surface area contributed by atoms with E-state index in [9.17, 15) is 0 Å². The second-order valence-electron chi connectivity index (χ2n) is 4.56. The number of nitrogens with one attached hydrogen (secondary N) is 1. The number of fused-ring (bicyclic) bond motifs is 1. The lowest BCUT2D eigenvalue weighted by Gasteiger charge is -2.14. The van der Waals surface area contributed by atoms with Gasteiger partial charge >= 0.3 is 0 Å². The van der Waals surface area contributed by atoms with E-state index in [1.54, 1.807) is 0 Å². The summed E-state index contributed by atoms with van der Waals surface area (Å²) in [6.45, 7) is 2.42. The van der Waals surface area contributed by atoms with E-state index in [1.165, 1.54) is 0 Å². The second kappa shape index (κ2) is 5.63. The Morgan fingerprint density at radius 1 is 1.14 bits per heavy atom. The topological polar surface area (TPSA) is 81.7 Å². The number of aromatic nitrogens is 5. The first-order valence-corrected chi connectivity index (χ1v) is 6.44. The number of hydrogen-bond donors (Lipinski definition) is 1. The molecule has 2 aromatic heterocycles. The first kappa shape index (κ1) is 13.7. The summed E-state index contributed by atoms with van der Waals surface area (Å²) < 4.78 is 7.33. The van der Waals surface area contributed by atoms with Crippen molar-refractivity contribution in [2.24, 2.45) is 0 Å². The van der Waals surface area contributed by atoms with Gasteiger partial charge in [0.25, 0.3) is 5.89 Å². The summed E-state index contributed by atoms with van der Waals surface area (Å²) in [6, 6.07) is 9.68. The number of rotatable bonds is 2. The Morgan fingerprint density at radius 2 is 2.00 bits per heavy atom. The van der Waals surface area contributed by atoms with Gasteiger partial charge in [-0.1, -0.05) is 23.4 Å². The molecule has 108 valence electrons. The maximum absolute atomic E-state index is 5.31. The Hall–Kier alpha value is -2.25. The molecule has 0 fully saturated rings. The number of benzene rings is 1. The highest BCUT2D eigenvalue weighted by Gasteiger charge is 2.20. The lowest BCUT2D eigenvalue weighted by atomic mass is 10.2. The first-order valence-electron chi connectivity index (χ1n) is 6.44. The van der Waals surface area contributed by atoms with Crippen LogP contribution in [0.25, 0.3) is 23.1 Å². The molecule has 8 heteroatoms. The molecule has 1 aliphatic heterocycles. The molecule has 0 saturated carbocycles. The summed E-state index contributed by atoms with van der Waals surface area (Å²) in [5.41, 5.74) is 0.895. The molecule has 4 rings (SSSR count). The van der Waals surface area contributed by atoms with Crippen LogP contribution in [0.3, 0.4) is 0 Å². The van der Waals surface area contributed by atoms with Crippen molar-refractivity contribution in [1.29, 1.82) is 0 Å². The van der Waals surface area contributed by atoms with Gasteiger partial charge in [-0.2, -0.15) is 4.98 Å². The highest BCUT2D eigenvalue weighted by atomic mass is 35.5. The molecule has 0 aliphatic carbocycles. The van der Waals surface area contributed by atoms with E-state index in [-0.39, 0.29) is 12.4 Å². The Morgan fingerprint density at radius 3 is 2.86 bits per heavy atom. The van der Waals surface area contributed by atoms with Gasteiger partial charge in [0.05, 0.1) is 6.54 Å². The third-order valence-corrected chi connectivity index (χ3v) is 3.27. The Labute approximate surface area is 126 Å². The maximum Gasteiger partial charge on any atom is 0.258 e. The molecule has 21 heavy (non-hydrogen) atoms. The first-order chi connectivity index (χ1) is 9.92. The molecule has 0 amide bonds. The molecule has 0 bridgehead atoms. The molecule has 3 aromatic rings. The summed E-state index contributed by atoms with van der Waals surface area (Å²) >= 11 is 0. The van der Waals surface area contributed by atoms with E-state index in [4.69, 9.17) is 4.52 Å². The molecule has 0 saturated heterocycles. The zero-order valence-electron chi connectivity index (χ0n) is 11.1. The van der Waals surface area contributed by atoms with Crippen LogP contribution >= 0.6 is 12.4 Å². The summed E-state index contributed by atoms with van der Waals surface area (Å²) in [4.78, 5) is 4.41. The molecule has 3 heterocycles. The minimum absolute atomic E-state index is 0. The van der Waals surface area contributed by atoms with E-state index >= 15 is 0 Å². The van der Waals surface area contributed by atoms with E-state index in [0.29, 0.717) is 17.5 Å². The molecule has 1 aromatic carbocycles. The van der Waals surface area contributed by atoms with Crippen molar-refractivity contribution in [2.75, 3.05) is 6.54 Å². The monoisotopic (exact) mass is 304 g/mol. The predicted molar refractivity (Wildman–Crippen MR) is 77.7 cm³/mol. The largest absolute Gasteiger partial charge is 0.334 e. The van der Waals surface area contributed by atoms with Crippen molar-refractivity contribution < 1.29 is 4.52 Å². The van der Waals surface area contributed by atoms with Crippen molar-refractivity contribution in [1.82, 2.24) is 30.2 Å². The van der Waals surface area contributed by atoms with E-state index in [1.807, 2.05) is 34.9 Å². The lowest BCUT2D eigenvalue weighted by Crippen LogP contribution is -2.28. The molecule has 1 aliphatic rings. The molecule has 7 nitrogen and oxygen atoms in total. The normalized spacial score (nSPS) is 13.5. The van der Waals surface area contributed by atoms with Gasteiger partial charge in [-0.3, -0.25) is 0 Å². The Bertz CT molecular complexity index is 738. The van der Waals surface area contributed by atoms with Crippen LogP contribution in [0, 0.1) is 0 Å². The fourth-order valence-corrected chi connectivity index (χ4v) is 2.27. The fraction of sp³-hybridized carbons (Fsp3) is 0.231. The predicted octanol–water partition coefficient (Wildman–Crippen LogP) is 1.52. The van der Waals surface area contributed by atoms with Crippen molar-refractivity contribution in [3.05, 3.63) is 36.2 Å². The van der Waals surface area contributed by atoms with Crippen LogP contribution < -0.4 is 5.32 Å². The summed E-state index contributed by atoms with van der Waals surface area (Å²) in [6.07, 6.45) is 0. The average Bonchev–Trinajstić information content (AvgIpc) is 3.14. The fourth-order valence-electron chi connectivity index (χ4n) is 2.27. The molecule has 0 unspecified atom stereocenters. The zero-order valence-corrected chi connectivity index (χ0v) is 11.9. The van der Waals surface area contributed by atoms with Gasteiger partial charge in [0.2, 0.25) is 11.6 Å². The minimum atomic E-state index is 0. The van der Waals surface area contributed by atoms with Crippen LogP contribution in [0.2, 0.25) is 0 Å². The van der Waals surface area contributed by atoms with Crippen LogP contribution in [0.5, 0.6) is 0 Å².